The largest absolute Gasteiger partial charge is 0.369 e. The lowest BCUT2D eigenvalue weighted by atomic mass is 10.2. The first kappa shape index (κ1) is 15.9. The van der Waals surface area contributed by atoms with Crippen LogP contribution in [0.25, 0.3) is 0 Å². The van der Waals surface area contributed by atoms with Crippen LogP contribution in [0, 0.1) is 0 Å². The zero-order valence-corrected chi connectivity index (χ0v) is 9.94. The van der Waals surface area contributed by atoms with Crippen LogP contribution in [0.5, 0.6) is 0 Å². The Bertz CT molecular complexity index is 140. The Balaban J connectivity index is 0. The van der Waals surface area contributed by atoms with Crippen molar-refractivity contribution in [2.75, 3.05) is 11.5 Å². The Hall–Kier alpha value is -0.510. The molecule has 0 aromatic carbocycles. The lowest BCUT2D eigenvalue weighted by Crippen LogP contribution is -2.13. The van der Waals surface area contributed by atoms with Crippen molar-refractivity contribution in [3.05, 3.63) is 0 Å². The number of hydrogen-bond acceptors (Lipinski definition) is 3. The van der Waals surface area contributed by atoms with Gasteiger partial charge in [-0.3, -0.25) is 4.79 Å². The molecule has 0 aliphatic carbocycles. The lowest BCUT2D eigenvalue weighted by molar-refractivity contribution is -0.115. The van der Waals surface area contributed by atoms with Gasteiger partial charge >= 0.3 is 0 Å². The molecule has 3 nitrogen and oxygen atoms in total. The van der Waals surface area contributed by atoms with Gasteiger partial charge in [0.15, 0.2) is 0 Å². The van der Waals surface area contributed by atoms with Crippen LogP contribution in [0.4, 0.5) is 0 Å². The van der Waals surface area contributed by atoms with Crippen molar-refractivity contribution in [3.8, 4) is 0 Å². The highest BCUT2D eigenvalue weighted by Crippen LogP contribution is 2.06. The summed E-state index contributed by atoms with van der Waals surface area (Å²) in [5, 5.41) is 0. The van der Waals surface area contributed by atoms with Crippen LogP contribution in [0.3, 0.4) is 0 Å². The van der Waals surface area contributed by atoms with E-state index < -0.39 is 0 Å². The zero-order chi connectivity index (χ0) is 11.2. The van der Waals surface area contributed by atoms with Crippen LogP contribution in [-0.2, 0) is 9.59 Å². The van der Waals surface area contributed by atoms with Crippen molar-refractivity contribution in [1.82, 2.24) is 0 Å². The predicted molar refractivity (Wildman–Crippen MR) is 62.4 cm³/mol. The Morgan fingerprint density at radius 1 is 1.29 bits per heavy atom. The fourth-order valence-electron chi connectivity index (χ4n) is 0.781. The van der Waals surface area contributed by atoms with E-state index in [2.05, 4.69) is 0 Å². The Labute approximate surface area is 90.8 Å². The Kier molecular flexibility index (Phi) is 17.1. The van der Waals surface area contributed by atoms with Crippen molar-refractivity contribution in [2.45, 2.75) is 39.5 Å². The maximum Gasteiger partial charge on any atom is 0.227 e. The smallest absolute Gasteiger partial charge is 0.227 e. The number of primary amides is 1. The van der Waals surface area contributed by atoms with Gasteiger partial charge in [-0.2, -0.15) is 11.8 Å². The van der Waals surface area contributed by atoms with Crippen LogP contribution in [0.1, 0.15) is 39.5 Å². The number of carbonyl (C=O) groups is 2. The Morgan fingerprint density at radius 3 is 2.43 bits per heavy atom. The number of carbonyl (C=O) groups excluding carboxylic acids is 2. The highest BCUT2D eigenvalue weighted by Gasteiger charge is 1.94. The molecule has 0 fully saturated rings. The number of thioether (sulfide) groups is 1. The van der Waals surface area contributed by atoms with Gasteiger partial charge in [-0.25, -0.2) is 0 Å². The molecule has 0 saturated carbocycles. The van der Waals surface area contributed by atoms with E-state index in [9.17, 15) is 9.59 Å². The van der Waals surface area contributed by atoms with E-state index in [-0.39, 0.29) is 5.91 Å². The quantitative estimate of drug-likeness (QED) is 0.501. The molecule has 1 amide bonds. The van der Waals surface area contributed by atoms with Crippen LogP contribution >= 0.6 is 11.8 Å². The SMILES string of the molecule is CC.NC(=O)CSCCCCCC=O. The molecule has 0 aliphatic heterocycles. The minimum Gasteiger partial charge on any atom is -0.369 e. The van der Waals surface area contributed by atoms with Gasteiger partial charge < -0.3 is 10.5 Å². The fraction of sp³-hybridized carbons (Fsp3) is 0.800. The third-order valence-electron chi connectivity index (χ3n) is 1.35. The van der Waals surface area contributed by atoms with E-state index in [1.54, 1.807) is 11.8 Å². The molecule has 0 atom stereocenters. The molecule has 0 unspecified atom stereocenters. The molecule has 0 rings (SSSR count). The standard InChI is InChI=1S/C8H15NO2S.C2H6/c9-8(11)7-12-6-4-2-1-3-5-10;1-2/h5H,1-4,6-7H2,(H2,9,11);1-2H3. The summed E-state index contributed by atoms with van der Waals surface area (Å²) in [6, 6.07) is 0. The molecule has 0 saturated heterocycles. The first-order valence-electron chi connectivity index (χ1n) is 5.07. The molecule has 2 N–H and O–H groups in total. The average Bonchev–Trinajstić information content (AvgIpc) is 2.19. The van der Waals surface area contributed by atoms with E-state index >= 15 is 0 Å². The third kappa shape index (κ3) is 17.5. The molecule has 0 aromatic heterocycles. The summed E-state index contributed by atoms with van der Waals surface area (Å²) in [6.07, 6.45) is 4.67. The molecule has 0 bridgehead atoms. The van der Waals surface area contributed by atoms with E-state index in [1.807, 2.05) is 13.8 Å². The number of nitrogens with two attached hydrogens (primary N) is 1. The molecule has 14 heavy (non-hydrogen) atoms. The molecule has 0 radical (unpaired) electrons. The molecule has 0 aliphatic rings. The number of hydrogen-bond donors (Lipinski definition) is 1. The summed E-state index contributed by atoms with van der Waals surface area (Å²) in [7, 11) is 0. The van der Waals surface area contributed by atoms with Gasteiger partial charge in [-0.15, -0.1) is 0 Å². The summed E-state index contributed by atoms with van der Waals surface area (Å²) < 4.78 is 0. The van der Waals surface area contributed by atoms with Gasteiger partial charge in [-0.05, 0) is 18.6 Å². The lowest BCUT2D eigenvalue weighted by Gasteiger charge is -1.97. The highest BCUT2D eigenvalue weighted by atomic mass is 32.2. The van der Waals surface area contributed by atoms with Crippen molar-refractivity contribution in [3.63, 3.8) is 0 Å². The monoisotopic (exact) mass is 219 g/mol. The van der Waals surface area contributed by atoms with Crippen LogP contribution in [-0.4, -0.2) is 23.7 Å². The number of rotatable bonds is 8. The second-order valence-electron chi connectivity index (χ2n) is 2.53. The van der Waals surface area contributed by atoms with Gasteiger partial charge in [0.1, 0.15) is 6.29 Å². The number of aldehydes is 1. The first-order chi connectivity index (χ1) is 6.77. The van der Waals surface area contributed by atoms with Gasteiger partial charge in [0.05, 0.1) is 5.75 Å². The van der Waals surface area contributed by atoms with Gasteiger partial charge in [-0.1, -0.05) is 20.3 Å². The fourth-order valence-corrected chi connectivity index (χ4v) is 1.54. The molecule has 0 spiro atoms. The first-order valence-corrected chi connectivity index (χ1v) is 6.22. The van der Waals surface area contributed by atoms with Crippen molar-refractivity contribution < 1.29 is 9.59 Å². The molecular weight excluding hydrogens is 198 g/mol. The maximum atomic E-state index is 10.3. The average molecular weight is 219 g/mol. The summed E-state index contributed by atoms with van der Waals surface area (Å²) in [4.78, 5) is 20.2. The summed E-state index contributed by atoms with van der Waals surface area (Å²) in [6.45, 7) is 4.00. The molecular formula is C10H21NO2S. The minimum absolute atomic E-state index is 0.257. The topological polar surface area (TPSA) is 60.2 Å². The predicted octanol–water partition coefficient (Wildman–Crippen LogP) is 1.99. The maximum absolute atomic E-state index is 10.3. The van der Waals surface area contributed by atoms with Crippen LogP contribution < -0.4 is 5.73 Å². The van der Waals surface area contributed by atoms with Gasteiger partial charge in [0, 0.05) is 6.42 Å². The van der Waals surface area contributed by atoms with Crippen LogP contribution in [0.15, 0.2) is 0 Å². The second-order valence-corrected chi connectivity index (χ2v) is 3.64. The second kappa shape index (κ2) is 15.0. The van der Waals surface area contributed by atoms with E-state index in [4.69, 9.17) is 5.73 Å². The molecule has 84 valence electrons. The zero-order valence-electron chi connectivity index (χ0n) is 9.12. The molecule has 0 heterocycles. The van der Waals surface area contributed by atoms with Gasteiger partial charge in [0.25, 0.3) is 0 Å². The van der Waals surface area contributed by atoms with Crippen LogP contribution in [0.2, 0.25) is 0 Å². The van der Waals surface area contributed by atoms with Crippen molar-refractivity contribution in [2.24, 2.45) is 5.73 Å². The van der Waals surface area contributed by atoms with E-state index in [0.29, 0.717) is 12.2 Å². The minimum atomic E-state index is -0.257. The highest BCUT2D eigenvalue weighted by molar-refractivity contribution is 7.99. The Morgan fingerprint density at radius 2 is 1.93 bits per heavy atom. The number of amides is 1. The molecule has 0 aromatic rings. The summed E-state index contributed by atoms with van der Waals surface area (Å²) in [5.74, 6) is 1.11. The van der Waals surface area contributed by atoms with E-state index in [0.717, 1.165) is 31.3 Å². The van der Waals surface area contributed by atoms with Gasteiger partial charge in [0.2, 0.25) is 5.91 Å². The summed E-state index contributed by atoms with van der Waals surface area (Å²) in [5.41, 5.74) is 4.95. The van der Waals surface area contributed by atoms with E-state index in [1.165, 1.54) is 0 Å². The van der Waals surface area contributed by atoms with Crippen molar-refractivity contribution >= 4 is 24.0 Å². The number of unbranched alkanes of at least 4 members (excludes halogenated alkanes) is 3. The normalized spacial score (nSPS) is 8.71. The molecule has 4 heteroatoms. The third-order valence-corrected chi connectivity index (χ3v) is 2.42. The van der Waals surface area contributed by atoms with Crippen molar-refractivity contribution in [1.29, 1.82) is 0 Å². The summed E-state index contributed by atoms with van der Waals surface area (Å²) >= 11 is 1.56.